The Morgan fingerprint density at radius 1 is 1.41 bits per heavy atom. The molecule has 0 aliphatic rings. The van der Waals surface area contributed by atoms with Crippen molar-refractivity contribution in [3.63, 3.8) is 0 Å². The molecule has 1 rings (SSSR count). The van der Waals surface area contributed by atoms with E-state index in [2.05, 4.69) is 33.1 Å². The molecule has 0 radical (unpaired) electrons. The third-order valence-electron chi connectivity index (χ3n) is 2.47. The van der Waals surface area contributed by atoms with Gasteiger partial charge >= 0.3 is 0 Å². The molecule has 0 saturated carbocycles. The molecule has 1 unspecified atom stereocenters. The van der Waals surface area contributed by atoms with Crippen LogP contribution < -0.4 is 5.32 Å². The van der Waals surface area contributed by atoms with Crippen molar-refractivity contribution in [2.24, 2.45) is 0 Å². The van der Waals surface area contributed by atoms with Crippen LogP contribution in [-0.2, 0) is 0 Å². The Bertz CT molecular complexity index is 400. The maximum absolute atomic E-state index is 13.3. The zero-order valence-electron chi connectivity index (χ0n) is 10.2. The summed E-state index contributed by atoms with van der Waals surface area (Å²) in [4.78, 5) is 0. The van der Waals surface area contributed by atoms with E-state index in [4.69, 9.17) is 0 Å². The van der Waals surface area contributed by atoms with Gasteiger partial charge in [-0.1, -0.05) is 22.9 Å². The molecule has 1 aromatic rings. The van der Waals surface area contributed by atoms with Crippen molar-refractivity contribution in [1.29, 1.82) is 0 Å². The van der Waals surface area contributed by atoms with Crippen LogP contribution >= 0.6 is 15.9 Å². The molecule has 0 heterocycles. The first-order valence-electron chi connectivity index (χ1n) is 5.76. The fourth-order valence-electron chi connectivity index (χ4n) is 1.75. The van der Waals surface area contributed by atoms with Crippen molar-refractivity contribution in [2.45, 2.75) is 32.7 Å². The summed E-state index contributed by atoms with van der Waals surface area (Å²) in [5, 5.41) is 3.36. The third-order valence-corrected chi connectivity index (χ3v) is 2.93. The van der Waals surface area contributed by atoms with Crippen LogP contribution in [0.25, 0.3) is 0 Å². The van der Waals surface area contributed by atoms with Crippen LogP contribution in [0.2, 0.25) is 0 Å². The van der Waals surface area contributed by atoms with E-state index in [0.717, 1.165) is 29.4 Å². The van der Waals surface area contributed by atoms with E-state index in [9.17, 15) is 4.39 Å². The van der Waals surface area contributed by atoms with Crippen molar-refractivity contribution in [2.75, 3.05) is 6.54 Å². The fraction of sp³-hybridized carbons (Fsp3) is 0.429. The molecule has 17 heavy (non-hydrogen) atoms. The summed E-state index contributed by atoms with van der Waals surface area (Å²) < 4.78 is 14.1. The zero-order valence-corrected chi connectivity index (χ0v) is 11.8. The summed E-state index contributed by atoms with van der Waals surface area (Å²) in [6.07, 6.45) is 1.72. The van der Waals surface area contributed by atoms with Gasteiger partial charge in [-0.3, -0.25) is 0 Å². The molecule has 1 aromatic carbocycles. The van der Waals surface area contributed by atoms with Crippen LogP contribution in [0.3, 0.4) is 0 Å². The summed E-state index contributed by atoms with van der Waals surface area (Å²) in [5.41, 5.74) is 0.969. The number of hydrogen-bond donors (Lipinski definition) is 1. The normalized spacial score (nSPS) is 11.8. The van der Waals surface area contributed by atoms with Crippen molar-refractivity contribution in [3.05, 3.63) is 34.1 Å². The Kier molecular flexibility index (Phi) is 6.25. The number of rotatable bonds is 5. The van der Waals surface area contributed by atoms with E-state index in [0.29, 0.717) is 0 Å². The van der Waals surface area contributed by atoms with Gasteiger partial charge in [0.25, 0.3) is 0 Å². The van der Waals surface area contributed by atoms with E-state index in [-0.39, 0.29) is 11.9 Å². The second-order valence-corrected chi connectivity index (χ2v) is 4.69. The maximum Gasteiger partial charge on any atom is 0.124 e. The minimum Gasteiger partial charge on any atom is -0.310 e. The van der Waals surface area contributed by atoms with Crippen LogP contribution in [0.5, 0.6) is 0 Å². The number of halogens is 2. The summed E-state index contributed by atoms with van der Waals surface area (Å²) in [7, 11) is 0. The molecule has 0 bridgehead atoms. The van der Waals surface area contributed by atoms with E-state index in [1.807, 2.05) is 19.9 Å². The van der Waals surface area contributed by atoms with Gasteiger partial charge in [-0.2, -0.15) is 0 Å². The molecule has 0 fully saturated rings. The van der Waals surface area contributed by atoms with Gasteiger partial charge in [0.05, 0.1) is 0 Å². The highest BCUT2D eigenvalue weighted by Crippen LogP contribution is 2.23. The molecule has 0 aliphatic carbocycles. The van der Waals surface area contributed by atoms with Crippen LogP contribution in [0.15, 0.2) is 22.7 Å². The molecule has 0 aromatic heterocycles. The first-order valence-corrected chi connectivity index (χ1v) is 6.55. The molecule has 0 amide bonds. The third kappa shape index (κ3) is 4.89. The Hall–Kier alpha value is -0.850. The molecular formula is C14H17BrFN. The van der Waals surface area contributed by atoms with Gasteiger partial charge in [-0.25, -0.2) is 4.39 Å². The van der Waals surface area contributed by atoms with E-state index < -0.39 is 0 Å². The Morgan fingerprint density at radius 2 is 2.18 bits per heavy atom. The largest absolute Gasteiger partial charge is 0.310 e. The fourth-order valence-corrected chi connectivity index (χ4v) is 2.23. The second-order valence-electron chi connectivity index (χ2n) is 3.78. The second kappa shape index (κ2) is 7.47. The average Bonchev–Trinajstić information content (AvgIpc) is 2.27. The summed E-state index contributed by atoms with van der Waals surface area (Å²) >= 11 is 3.32. The molecule has 92 valence electrons. The quantitative estimate of drug-likeness (QED) is 0.809. The molecule has 1 nitrogen and oxygen atoms in total. The van der Waals surface area contributed by atoms with Crippen LogP contribution in [0, 0.1) is 17.7 Å². The minimum absolute atomic E-state index is 0.160. The lowest BCUT2D eigenvalue weighted by molar-refractivity contribution is 0.517. The predicted molar refractivity (Wildman–Crippen MR) is 73.2 cm³/mol. The van der Waals surface area contributed by atoms with Crippen LogP contribution in [-0.4, -0.2) is 6.54 Å². The highest BCUT2D eigenvalue weighted by Gasteiger charge is 2.11. The van der Waals surface area contributed by atoms with E-state index in [1.54, 1.807) is 6.07 Å². The van der Waals surface area contributed by atoms with Crippen molar-refractivity contribution >= 4 is 15.9 Å². The topological polar surface area (TPSA) is 12.0 Å². The molecule has 0 spiro atoms. The Labute approximate surface area is 111 Å². The average molecular weight is 298 g/mol. The predicted octanol–water partition coefficient (Wildman–Crippen LogP) is 4.04. The lowest BCUT2D eigenvalue weighted by atomic mass is 10.0. The van der Waals surface area contributed by atoms with Crippen molar-refractivity contribution in [3.8, 4) is 11.8 Å². The lowest BCUT2D eigenvalue weighted by Crippen LogP contribution is -2.20. The molecule has 1 atom stereocenters. The molecular weight excluding hydrogens is 281 g/mol. The first-order chi connectivity index (χ1) is 8.17. The monoisotopic (exact) mass is 297 g/mol. The van der Waals surface area contributed by atoms with E-state index >= 15 is 0 Å². The molecule has 0 saturated heterocycles. The lowest BCUT2D eigenvalue weighted by Gasteiger charge is -2.17. The van der Waals surface area contributed by atoms with Gasteiger partial charge in [0, 0.05) is 16.9 Å². The molecule has 1 N–H and O–H groups in total. The van der Waals surface area contributed by atoms with E-state index in [1.165, 1.54) is 6.07 Å². The van der Waals surface area contributed by atoms with Gasteiger partial charge in [-0.05, 0) is 43.7 Å². The summed E-state index contributed by atoms with van der Waals surface area (Å²) in [5.74, 6) is 5.71. The Balaban J connectivity index is 2.82. The SMILES string of the molecule is CC#CCCC(NCC)c1cc(F)cc(Br)c1. The number of benzene rings is 1. The first kappa shape index (κ1) is 14.2. The van der Waals surface area contributed by atoms with Crippen molar-refractivity contribution in [1.82, 2.24) is 5.32 Å². The standard InChI is InChI=1S/C14H17BrFN/c1-3-5-6-7-14(17-4-2)11-8-12(15)10-13(16)9-11/h8-10,14,17H,4,6-7H2,1-2H3. The molecule has 3 heteroatoms. The van der Waals surface area contributed by atoms with Gasteiger partial charge in [-0.15, -0.1) is 11.8 Å². The highest BCUT2D eigenvalue weighted by atomic mass is 79.9. The van der Waals surface area contributed by atoms with Gasteiger partial charge in [0.15, 0.2) is 0 Å². The number of nitrogens with one attached hydrogen (secondary N) is 1. The van der Waals surface area contributed by atoms with Gasteiger partial charge in [0.1, 0.15) is 5.82 Å². The Morgan fingerprint density at radius 3 is 2.76 bits per heavy atom. The maximum atomic E-state index is 13.3. The summed E-state index contributed by atoms with van der Waals surface area (Å²) in [6, 6.07) is 5.17. The number of hydrogen-bond acceptors (Lipinski definition) is 1. The minimum atomic E-state index is -0.209. The highest BCUT2D eigenvalue weighted by molar-refractivity contribution is 9.10. The smallest absolute Gasteiger partial charge is 0.124 e. The molecule has 0 aliphatic heterocycles. The van der Waals surface area contributed by atoms with Crippen LogP contribution in [0.1, 0.15) is 38.3 Å². The van der Waals surface area contributed by atoms with Gasteiger partial charge < -0.3 is 5.32 Å². The van der Waals surface area contributed by atoms with Crippen molar-refractivity contribution < 1.29 is 4.39 Å². The van der Waals surface area contributed by atoms with Gasteiger partial charge in [0.2, 0.25) is 0 Å². The van der Waals surface area contributed by atoms with Crippen LogP contribution in [0.4, 0.5) is 4.39 Å². The summed E-state index contributed by atoms with van der Waals surface area (Å²) in [6.45, 7) is 4.74. The zero-order chi connectivity index (χ0) is 12.7.